The number of amidine groups is 1. The van der Waals surface area contributed by atoms with Crippen molar-refractivity contribution in [1.82, 2.24) is 20.1 Å². The molecular weight excluding hydrogens is 565 g/mol. The van der Waals surface area contributed by atoms with Gasteiger partial charge in [-0.25, -0.2) is 14.2 Å². The van der Waals surface area contributed by atoms with E-state index in [1.54, 1.807) is 37.6 Å². The number of nitrogens with one attached hydrogen (secondary N) is 1. The molecule has 3 unspecified atom stereocenters. The van der Waals surface area contributed by atoms with E-state index in [0.29, 0.717) is 40.6 Å². The Hall–Kier alpha value is -3.97. The normalized spacial score (nSPS) is 22.7. The highest BCUT2D eigenvalue weighted by Gasteiger charge is 2.55. The van der Waals surface area contributed by atoms with Gasteiger partial charge in [0.2, 0.25) is 11.8 Å². The van der Waals surface area contributed by atoms with Crippen LogP contribution in [-0.4, -0.2) is 81.8 Å². The van der Waals surface area contributed by atoms with Gasteiger partial charge in [-0.05, 0) is 51.3 Å². The summed E-state index contributed by atoms with van der Waals surface area (Å²) in [6.45, 7) is 6.57. The average Bonchev–Trinajstić information content (AvgIpc) is 3.67. The molecule has 2 saturated heterocycles. The van der Waals surface area contributed by atoms with Crippen molar-refractivity contribution < 1.29 is 33.4 Å². The first-order valence-corrected chi connectivity index (χ1v) is 14.5. The first kappa shape index (κ1) is 29.5. The molecule has 222 valence electrons. The van der Waals surface area contributed by atoms with Gasteiger partial charge in [-0.3, -0.25) is 29.2 Å². The van der Waals surface area contributed by atoms with Gasteiger partial charge in [0, 0.05) is 36.9 Å². The third kappa shape index (κ3) is 5.22. The molecular formula is C29H32FN5O6S. The van der Waals surface area contributed by atoms with Crippen molar-refractivity contribution >= 4 is 40.9 Å². The maximum atomic E-state index is 14.7. The number of halogens is 1. The second kappa shape index (κ2) is 11.4. The molecule has 0 spiro atoms. The molecule has 0 bridgehead atoms. The lowest BCUT2D eigenvalue weighted by Gasteiger charge is -2.31. The van der Waals surface area contributed by atoms with Gasteiger partial charge in [0.1, 0.15) is 17.9 Å². The number of thiazole rings is 1. The van der Waals surface area contributed by atoms with Gasteiger partial charge in [-0.1, -0.05) is 12.1 Å². The number of benzene rings is 1. The summed E-state index contributed by atoms with van der Waals surface area (Å²) in [5, 5.41) is 15.1. The van der Waals surface area contributed by atoms with E-state index < -0.39 is 53.0 Å². The van der Waals surface area contributed by atoms with Crippen LogP contribution in [0.2, 0.25) is 0 Å². The Morgan fingerprint density at radius 2 is 2.02 bits per heavy atom. The van der Waals surface area contributed by atoms with E-state index >= 15 is 0 Å². The van der Waals surface area contributed by atoms with Crippen LogP contribution in [0.25, 0.3) is 0 Å². The molecule has 0 saturated carbocycles. The smallest absolute Gasteiger partial charge is 0.338 e. The first-order valence-electron chi connectivity index (χ1n) is 13.7. The lowest BCUT2D eigenvalue weighted by atomic mass is 9.92. The molecule has 2 aromatic rings. The third-order valence-corrected chi connectivity index (χ3v) is 8.74. The molecule has 42 heavy (non-hydrogen) atoms. The van der Waals surface area contributed by atoms with Gasteiger partial charge in [0.15, 0.2) is 10.8 Å². The fraction of sp³-hybridized carbons (Fsp3) is 0.448. The molecule has 4 heterocycles. The number of likely N-dealkylation sites (tertiary alicyclic amines) is 2. The van der Waals surface area contributed by atoms with Gasteiger partial charge in [0.05, 0.1) is 23.5 Å². The summed E-state index contributed by atoms with van der Waals surface area (Å²) >= 11 is 1.34. The van der Waals surface area contributed by atoms with Gasteiger partial charge < -0.3 is 15.2 Å². The Kier molecular flexibility index (Phi) is 7.99. The zero-order valence-electron chi connectivity index (χ0n) is 23.7. The van der Waals surface area contributed by atoms with Crippen LogP contribution in [0.5, 0.6) is 0 Å². The molecule has 5 rings (SSSR count). The zero-order chi connectivity index (χ0) is 30.3. The number of hydrogen-bond donors (Lipinski definition) is 2. The van der Waals surface area contributed by atoms with Crippen LogP contribution in [0, 0.1) is 24.1 Å². The number of aliphatic carboxylic acids is 1. The monoisotopic (exact) mass is 597 g/mol. The van der Waals surface area contributed by atoms with Crippen molar-refractivity contribution in [3.05, 3.63) is 63.0 Å². The Bertz CT molecular complexity index is 1500. The first-order chi connectivity index (χ1) is 19.9. The Labute approximate surface area is 246 Å². The molecule has 11 nitrogen and oxygen atoms in total. The summed E-state index contributed by atoms with van der Waals surface area (Å²) in [7, 11) is 0. The Morgan fingerprint density at radius 1 is 1.26 bits per heavy atom. The van der Waals surface area contributed by atoms with Crippen LogP contribution in [-0.2, 0) is 23.9 Å². The van der Waals surface area contributed by atoms with Crippen molar-refractivity contribution in [2.75, 3.05) is 26.2 Å². The molecule has 0 aliphatic carbocycles. The van der Waals surface area contributed by atoms with Crippen LogP contribution in [0.4, 0.5) is 4.39 Å². The number of imide groups is 1. The Morgan fingerprint density at radius 3 is 2.69 bits per heavy atom. The van der Waals surface area contributed by atoms with E-state index in [1.165, 1.54) is 31.3 Å². The molecule has 3 atom stereocenters. The van der Waals surface area contributed by atoms with Gasteiger partial charge in [0.25, 0.3) is 0 Å². The minimum absolute atomic E-state index is 0.0692. The van der Waals surface area contributed by atoms with E-state index in [0.717, 1.165) is 4.90 Å². The van der Waals surface area contributed by atoms with Crippen molar-refractivity contribution in [2.45, 2.75) is 46.2 Å². The number of carbonyl (C=O) groups excluding carboxylic acids is 3. The second-order valence-corrected chi connectivity index (χ2v) is 12.1. The molecule has 3 aliphatic rings. The lowest BCUT2D eigenvalue weighted by Crippen LogP contribution is -2.47. The number of esters is 1. The summed E-state index contributed by atoms with van der Waals surface area (Å²) in [6.07, 6.45) is 2.03. The van der Waals surface area contributed by atoms with Gasteiger partial charge in [-0.2, -0.15) is 0 Å². The number of ether oxygens (including phenoxy) is 1. The van der Waals surface area contributed by atoms with Crippen LogP contribution in [0.3, 0.4) is 0 Å². The molecule has 2 fully saturated rings. The predicted molar refractivity (Wildman–Crippen MR) is 151 cm³/mol. The quantitative estimate of drug-likeness (QED) is 0.330. The minimum Gasteiger partial charge on any atom is -0.481 e. The number of aliphatic imine (C=N–C) groups is 1. The Balaban J connectivity index is 1.55. The minimum atomic E-state index is -1.31. The molecule has 13 heteroatoms. The van der Waals surface area contributed by atoms with Crippen LogP contribution >= 0.6 is 11.3 Å². The molecule has 2 amide bonds. The van der Waals surface area contributed by atoms with E-state index in [2.05, 4.69) is 10.3 Å². The lowest BCUT2D eigenvalue weighted by molar-refractivity contribution is -0.151. The van der Waals surface area contributed by atoms with Gasteiger partial charge in [-0.15, -0.1) is 11.3 Å². The SMILES string of the molecule is CCOC(=O)C1=C(CN2CCC3C(=O)N(CC(C)(C)C(=O)O)C(=O)C32)NC(c2nccs2)=NC1c1cccc(F)c1C. The van der Waals surface area contributed by atoms with Crippen molar-refractivity contribution in [3.8, 4) is 0 Å². The van der Waals surface area contributed by atoms with Crippen LogP contribution in [0.15, 0.2) is 46.0 Å². The molecule has 0 radical (unpaired) electrons. The number of aromatic nitrogens is 1. The number of rotatable bonds is 9. The molecule has 3 aliphatic heterocycles. The van der Waals surface area contributed by atoms with E-state index in [4.69, 9.17) is 9.73 Å². The van der Waals surface area contributed by atoms with Crippen molar-refractivity contribution in [1.29, 1.82) is 0 Å². The van der Waals surface area contributed by atoms with Crippen molar-refractivity contribution in [2.24, 2.45) is 16.3 Å². The standard InChI is InChI=1S/C29H32FN5O6S/c1-5-41-27(38)20-19(13-34-11-9-17-22(34)26(37)35(25(17)36)14-29(3,4)28(39)40)32-23(24-31-10-12-42-24)33-21(20)16-7-6-8-18(30)15(16)2/h6-8,10,12,17,21-22H,5,9,11,13-14H2,1-4H3,(H,32,33)(H,39,40). The molecule has 1 aromatic heterocycles. The topological polar surface area (TPSA) is 142 Å². The maximum Gasteiger partial charge on any atom is 0.338 e. The fourth-order valence-electron chi connectivity index (χ4n) is 5.67. The van der Waals surface area contributed by atoms with E-state index in [1.807, 2.05) is 4.90 Å². The number of carboxylic acids is 1. The average molecular weight is 598 g/mol. The van der Waals surface area contributed by atoms with Crippen LogP contribution in [0.1, 0.15) is 49.4 Å². The van der Waals surface area contributed by atoms with E-state index in [9.17, 15) is 28.7 Å². The highest BCUT2D eigenvalue weighted by molar-refractivity contribution is 7.11. The number of fused-ring (bicyclic) bond motifs is 1. The van der Waals surface area contributed by atoms with Crippen LogP contribution < -0.4 is 5.32 Å². The largest absolute Gasteiger partial charge is 0.481 e. The number of nitrogens with zero attached hydrogens (tertiary/aromatic N) is 4. The highest BCUT2D eigenvalue weighted by Crippen LogP contribution is 2.39. The number of hydrogen-bond acceptors (Lipinski definition) is 10. The van der Waals surface area contributed by atoms with E-state index in [-0.39, 0.29) is 25.3 Å². The summed E-state index contributed by atoms with van der Waals surface area (Å²) in [6, 6.07) is 2.88. The summed E-state index contributed by atoms with van der Waals surface area (Å²) in [5.74, 6) is -3.27. The second-order valence-electron chi connectivity index (χ2n) is 11.2. The fourth-order valence-corrected chi connectivity index (χ4v) is 6.26. The number of amides is 2. The molecule has 2 N–H and O–H groups in total. The highest BCUT2D eigenvalue weighted by atomic mass is 32.1. The number of carboxylic acid groups (broad SMARTS) is 1. The van der Waals surface area contributed by atoms with Gasteiger partial charge >= 0.3 is 11.9 Å². The summed E-state index contributed by atoms with van der Waals surface area (Å²) < 4.78 is 20.1. The summed E-state index contributed by atoms with van der Waals surface area (Å²) in [4.78, 5) is 64.0. The zero-order valence-corrected chi connectivity index (χ0v) is 24.5. The predicted octanol–water partition coefficient (Wildman–Crippen LogP) is 2.67. The summed E-state index contributed by atoms with van der Waals surface area (Å²) in [5.41, 5.74) is 0.0957. The van der Waals surface area contributed by atoms with Crippen molar-refractivity contribution in [3.63, 3.8) is 0 Å². The third-order valence-electron chi connectivity index (χ3n) is 7.96. The molecule has 1 aromatic carbocycles. The maximum absolute atomic E-state index is 14.7. The number of carbonyl (C=O) groups is 4.